The molecule has 0 fully saturated rings. The molecule has 0 aromatic carbocycles. The van der Waals surface area contributed by atoms with Gasteiger partial charge in [0.1, 0.15) is 8.64 Å². The minimum Gasteiger partial charge on any atom is -0.370 e. The fourth-order valence-corrected chi connectivity index (χ4v) is 1.07. The van der Waals surface area contributed by atoms with Gasteiger partial charge in [0.15, 0.2) is 0 Å². The van der Waals surface area contributed by atoms with Crippen LogP contribution < -0.4 is 16.0 Å². The lowest BCUT2D eigenvalue weighted by atomic mass is 10.5. The summed E-state index contributed by atoms with van der Waals surface area (Å²) in [6.07, 6.45) is 0. The Morgan fingerprint density at radius 3 is 1.54 bits per heavy atom. The first-order valence-electron chi connectivity index (χ1n) is 3.77. The van der Waals surface area contributed by atoms with Crippen molar-refractivity contribution in [2.75, 3.05) is 26.2 Å². The van der Waals surface area contributed by atoms with E-state index < -0.39 is 0 Å². The van der Waals surface area contributed by atoms with Gasteiger partial charge in [-0.2, -0.15) is 0 Å². The molecule has 0 spiro atoms. The Morgan fingerprint density at radius 1 is 0.846 bits per heavy atom. The number of hydrogen-bond acceptors (Lipinski definition) is 3. The van der Waals surface area contributed by atoms with Crippen LogP contribution in [-0.2, 0) is 0 Å². The van der Waals surface area contributed by atoms with Crippen molar-refractivity contribution in [3.05, 3.63) is 0 Å². The van der Waals surface area contributed by atoms with E-state index >= 15 is 0 Å². The first-order valence-corrected chi connectivity index (χ1v) is 5.48. The van der Waals surface area contributed by atoms with Crippen molar-refractivity contribution in [1.82, 2.24) is 16.0 Å². The Labute approximate surface area is 100 Å². The summed E-state index contributed by atoms with van der Waals surface area (Å²) >= 11 is 17.3. The first kappa shape index (κ1) is 13.4. The van der Waals surface area contributed by atoms with E-state index in [4.69, 9.17) is 24.4 Å². The van der Waals surface area contributed by atoms with Crippen LogP contribution in [0.15, 0.2) is 0 Å². The quantitative estimate of drug-likeness (QED) is 0.266. The summed E-state index contributed by atoms with van der Waals surface area (Å²) in [5.41, 5.74) is 0. The SMILES string of the molecule is S=C(S)NCCNCCNC(=S)S. The standard InChI is InChI=1S/C6H13N3S4/c10-5(11)8-3-1-7-2-4-9-6(12)13/h7H,1-4H2,(H2,8,10,11)(H2,9,12,13). The van der Waals surface area contributed by atoms with Gasteiger partial charge in [0.2, 0.25) is 0 Å². The van der Waals surface area contributed by atoms with Gasteiger partial charge in [-0.25, -0.2) is 0 Å². The maximum absolute atomic E-state index is 4.72. The summed E-state index contributed by atoms with van der Waals surface area (Å²) in [7, 11) is 0. The molecule has 0 aliphatic carbocycles. The van der Waals surface area contributed by atoms with Crippen LogP contribution in [0, 0.1) is 0 Å². The van der Waals surface area contributed by atoms with Crippen molar-refractivity contribution in [2.45, 2.75) is 0 Å². The molecule has 0 atom stereocenters. The van der Waals surface area contributed by atoms with E-state index in [0.29, 0.717) is 8.64 Å². The molecule has 0 unspecified atom stereocenters. The molecule has 0 aromatic heterocycles. The van der Waals surface area contributed by atoms with Crippen molar-refractivity contribution in [3.8, 4) is 0 Å². The molecule has 7 heteroatoms. The van der Waals surface area contributed by atoms with Crippen LogP contribution in [0.4, 0.5) is 0 Å². The second kappa shape index (κ2) is 9.01. The fourth-order valence-electron chi connectivity index (χ4n) is 0.641. The molecule has 0 bridgehead atoms. The second-order valence-corrected chi connectivity index (χ2v) is 4.53. The molecule has 0 saturated carbocycles. The Hall–Kier alpha value is 0.440. The minimum absolute atomic E-state index is 0.525. The van der Waals surface area contributed by atoms with Crippen molar-refractivity contribution in [3.63, 3.8) is 0 Å². The minimum atomic E-state index is 0.525. The molecule has 3 nitrogen and oxygen atoms in total. The predicted molar refractivity (Wildman–Crippen MR) is 72.0 cm³/mol. The summed E-state index contributed by atoms with van der Waals surface area (Å²) in [6.45, 7) is 3.27. The summed E-state index contributed by atoms with van der Waals surface area (Å²) < 4.78 is 1.05. The van der Waals surface area contributed by atoms with E-state index in [1.165, 1.54) is 0 Å². The fraction of sp³-hybridized carbons (Fsp3) is 0.667. The molecule has 0 heterocycles. The van der Waals surface area contributed by atoms with Gasteiger partial charge in [-0.3, -0.25) is 0 Å². The molecule has 0 radical (unpaired) electrons. The van der Waals surface area contributed by atoms with E-state index in [1.54, 1.807) is 0 Å². The highest BCUT2D eigenvalue weighted by atomic mass is 32.1. The van der Waals surface area contributed by atoms with Gasteiger partial charge in [0.25, 0.3) is 0 Å². The van der Waals surface area contributed by atoms with Crippen LogP contribution in [0.5, 0.6) is 0 Å². The zero-order valence-corrected chi connectivity index (χ0v) is 10.5. The average Bonchev–Trinajstić information content (AvgIpc) is 2.01. The third kappa shape index (κ3) is 12.4. The summed E-state index contributed by atoms with van der Waals surface area (Å²) in [5, 5.41) is 9.02. The molecule has 76 valence electrons. The van der Waals surface area contributed by atoms with Crippen LogP contribution >= 0.6 is 49.7 Å². The molecule has 0 saturated heterocycles. The highest BCUT2D eigenvalue weighted by molar-refractivity contribution is 8.11. The van der Waals surface area contributed by atoms with E-state index in [2.05, 4.69) is 41.2 Å². The van der Waals surface area contributed by atoms with Gasteiger partial charge in [0, 0.05) is 26.2 Å². The van der Waals surface area contributed by atoms with Gasteiger partial charge in [-0.15, -0.1) is 25.3 Å². The summed E-state index contributed by atoms with van der Waals surface area (Å²) in [4.78, 5) is 0. The lowest BCUT2D eigenvalue weighted by Crippen LogP contribution is -2.33. The summed E-state index contributed by atoms with van der Waals surface area (Å²) in [6, 6.07) is 0. The van der Waals surface area contributed by atoms with Gasteiger partial charge >= 0.3 is 0 Å². The highest BCUT2D eigenvalue weighted by Crippen LogP contribution is 1.76. The number of nitrogens with one attached hydrogen (secondary N) is 3. The van der Waals surface area contributed by atoms with Crippen molar-refractivity contribution in [2.24, 2.45) is 0 Å². The van der Waals surface area contributed by atoms with Crippen molar-refractivity contribution >= 4 is 58.3 Å². The molecule has 13 heavy (non-hydrogen) atoms. The third-order valence-corrected chi connectivity index (χ3v) is 1.76. The van der Waals surface area contributed by atoms with Gasteiger partial charge < -0.3 is 16.0 Å². The molecule has 0 amide bonds. The summed E-state index contributed by atoms with van der Waals surface area (Å²) in [5.74, 6) is 0. The Balaban J connectivity index is 3.00. The predicted octanol–water partition coefficient (Wildman–Crippen LogP) is 0.185. The molecule has 3 N–H and O–H groups in total. The van der Waals surface area contributed by atoms with Gasteiger partial charge in [0.05, 0.1) is 0 Å². The Kier molecular flexibility index (Phi) is 9.32. The maximum Gasteiger partial charge on any atom is 0.130 e. The number of hydrogen-bond donors (Lipinski definition) is 5. The zero-order chi connectivity index (χ0) is 10.1. The highest BCUT2D eigenvalue weighted by Gasteiger charge is 1.89. The number of thiol groups is 2. The normalized spacial score (nSPS) is 9.38. The zero-order valence-electron chi connectivity index (χ0n) is 7.04. The van der Waals surface area contributed by atoms with Gasteiger partial charge in [-0.05, 0) is 0 Å². The lowest BCUT2D eigenvalue weighted by Gasteiger charge is -2.06. The smallest absolute Gasteiger partial charge is 0.130 e. The lowest BCUT2D eigenvalue weighted by molar-refractivity contribution is 0.663. The third-order valence-electron chi connectivity index (χ3n) is 1.16. The Morgan fingerprint density at radius 2 is 1.23 bits per heavy atom. The van der Waals surface area contributed by atoms with E-state index in [9.17, 15) is 0 Å². The monoisotopic (exact) mass is 255 g/mol. The topological polar surface area (TPSA) is 36.1 Å². The van der Waals surface area contributed by atoms with Crippen molar-refractivity contribution < 1.29 is 0 Å². The largest absolute Gasteiger partial charge is 0.370 e. The molecule has 0 aromatic rings. The van der Waals surface area contributed by atoms with E-state index in [1.807, 2.05) is 0 Å². The van der Waals surface area contributed by atoms with E-state index in [0.717, 1.165) is 26.2 Å². The molecular formula is C6H13N3S4. The van der Waals surface area contributed by atoms with E-state index in [-0.39, 0.29) is 0 Å². The molecule has 0 aliphatic rings. The van der Waals surface area contributed by atoms with Crippen LogP contribution in [0.3, 0.4) is 0 Å². The van der Waals surface area contributed by atoms with Crippen LogP contribution in [0.25, 0.3) is 0 Å². The van der Waals surface area contributed by atoms with Crippen LogP contribution in [0.2, 0.25) is 0 Å². The number of thiocarbonyl (C=S) groups is 2. The second-order valence-electron chi connectivity index (χ2n) is 2.21. The van der Waals surface area contributed by atoms with Crippen LogP contribution in [0.1, 0.15) is 0 Å². The Bertz CT molecular complexity index is 155. The number of rotatable bonds is 6. The first-order chi connectivity index (χ1) is 6.13. The molecule has 0 rings (SSSR count). The van der Waals surface area contributed by atoms with Crippen molar-refractivity contribution in [1.29, 1.82) is 0 Å². The average molecular weight is 255 g/mol. The van der Waals surface area contributed by atoms with Crippen LogP contribution in [-0.4, -0.2) is 34.8 Å². The maximum atomic E-state index is 4.72. The molecular weight excluding hydrogens is 242 g/mol. The molecule has 0 aliphatic heterocycles. The van der Waals surface area contributed by atoms with Gasteiger partial charge in [-0.1, -0.05) is 24.4 Å².